The van der Waals surface area contributed by atoms with Crippen LogP contribution in [0.5, 0.6) is 5.75 Å². The zero-order valence-electron chi connectivity index (χ0n) is 19.3. The number of carbonyl (C=O) groups is 1. The third kappa shape index (κ3) is 5.06. The molecule has 5 aromatic rings. The average Bonchev–Trinajstić information content (AvgIpc) is 2.91. The van der Waals surface area contributed by atoms with E-state index in [4.69, 9.17) is 16.3 Å². The van der Waals surface area contributed by atoms with E-state index in [9.17, 15) is 18.0 Å². The number of carbonyl (C=O) groups excluding carboxylic acids is 1. The zero-order valence-corrected chi connectivity index (χ0v) is 20.1. The molecule has 0 saturated carbocycles. The van der Waals surface area contributed by atoms with E-state index in [1.54, 1.807) is 66.7 Å². The van der Waals surface area contributed by atoms with Gasteiger partial charge in [0, 0.05) is 33.3 Å². The van der Waals surface area contributed by atoms with Crippen molar-refractivity contribution in [3.05, 3.63) is 119 Å². The van der Waals surface area contributed by atoms with Gasteiger partial charge in [-0.3, -0.25) is 9.78 Å². The second-order valence-corrected chi connectivity index (χ2v) is 8.83. The number of hydrogen-bond donors (Lipinski definition) is 0. The van der Waals surface area contributed by atoms with Crippen LogP contribution in [0, 0.1) is 0 Å². The van der Waals surface area contributed by atoms with E-state index in [1.165, 1.54) is 12.3 Å². The first kappa shape index (κ1) is 24.5. The highest BCUT2D eigenvalue weighted by Crippen LogP contribution is 2.42. The number of para-hydroxylation sites is 1. The van der Waals surface area contributed by atoms with Crippen LogP contribution in [0.25, 0.3) is 33.2 Å². The van der Waals surface area contributed by atoms with Gasteiger partial charge in [0.1, 0.15) is 12.4 Å². The lowest BCUT2D eigenvalue weighted by Gasteiger charge is -2.18. The number of fused-ring (bicyclic) bond motifs is 1. The molecule has 0 aliphatic carbocycles. The van der Waals surface area contributed by atoms with Crippen LogP contribution in [-0.2, 0) is 12.8 Å². The molecule has 1 aromatic heterocycles. The minimum Gasteiger partial charge on any atom is -0.489 e. The molecule has 0 saturated heterocycles. The van der Waals surface area contributed by atoms with E-state index in [2.05, 4.69) is 4.98 Å². The number of benzene rings is 4. The Hall–Kier alpha value is -4.16. The Bertz CT molecular complexity index is 1600. The van der Waals surface area contributed by atoms with Crippen LogP contribution >= 0.6 is 11.6 Å². The quantitative estimate of drug-likeness (QED) is 0.212. The summed E-state index contributed by atoms with van der Waals surface area (Å²) in [6.07, 6.45) is -2.45. The van der Waals surface area contributed by atoms with Crippen LogP contribution in [-0.4, -0.2) is 11.3 Å². The number of pyridine rings is 1. The van der Waals surface area contributed by atoms with Gasteiger partial charge in [-0.25, -0.2) is 0 Å². The van der Waals surface area contributed by atoms with Crippen molar-refractivity contribution in [3.8, 4) is 28.0 Å². The molecule has 3 nitrogen and oxygen atoms in total. The van der Waals surface area contributed by atoms with Gasteiger partial charge in [-0.2, -0.15) is 13.2 Å². The lowest BCUT2D eigenvalue weighted by molar-refractivity contribution is -0.136. The molecule has 1 heterocycles. The maximum atomic E-state index is 13.8. The second kappa shape index (κ2) is 10.1. The molecule has 0 amide bonds. The molecule has 7 heteroatoms. The Morgan fingerprint density at radius 2 is 1.62 bits per heavy atom. The fraction of sp³-hybridized carbons (Fsp3) is 0.0667. The number of alkyl halides is 3. The topological polar surface area (TPSA) is 39.2 Å². The van der Waals surface area contributed by atoms with Crippen molar-refractivity contribution in [1.29, 1.82) is 0 Å². The number of ether oxygens (including phenoxy) is 1. The summed E-state index contributed by atoms with van der Waals surface area (Å²) in [5, 5.41) is 0.944. The van der Waals surface area contributed by atoms with Gasteiger partial charge in [-0.05, 0) is 47.0 Å². The minimum atomic E-state index is -4.57. The number of aldehydes is 1. The summed E-state index contributed by atoms with van der Waals surface area (Å²) in [7, 11) is 0. The maximum Gasteiger partial charge on any atom is 0.418 e. The fourth-order valence-electron chi connectivity index (χ4n) is 4.30. The molecule has 0 aliphatic rings. The number of aromatic nitrogens is 1. The molecule has 0 radical (unpaired) electrons. The van der Waals surface area contributed by atoms with Gasteiger partial charge in [0.2, 0.25) is 0 Å². The third-order valence-electron chi connectivity index (χ3n) is 6.02. The first-order valence-electron chi connectivity index (χ1n) is 11.4. The second-order valence-electron chi connectivity index (χ2n) is 8.39. The summed E-state index contributed by atoms with van der Waals surface area (Å²) in [5.41, 5.74) is 2.63. The number of halogens is 4. The van der Waals surface area contributed by atoms with Gasteiger partial charge >= 0.3 is 6.18 Å². The van der Waals surface area contributed by atoms with Crippen LogP contribution in [0.15, 0.2) is 97.2 Å². The van der Waals surface area contributed by atoms with Crippen molar-refractivity contribution in [1.82, 2.24) is 4.98 Å². The van der Waals surface area contributed by atoms with Gasteiger partial charge in [0.25, 0.3) is 0 Å². The fourth-order valence-corrected chi connectivity index (χ4v) is 4.43. The molecule has 0 fully saturated rings. The summed E-state index contributed by atoms with van der Waals surface area (Å²) >= 11 is 5.95. The predicted octanol–water partition coefficient (Wildman–Crippen LogP) is 8.63. The van der Waals surface area contributed by atoms with E-state index in [1.807, 2.05) is 12.1 Å². The van der Waals surface area contributed by atoms with E-state index in [0.717, 1.165) is 17.9 Å². The Balaban J connectivity index is 1.68. The molecule has 0 atom stereocenters. The van der Waals surface area contributed by atoms with Crippen LogP contribution in [0.4, 0.5) is 13.2 Å². The Labute approximate surface area is 216 Å². The highest BCUT2D eigenvalue weighted by atomic mass is 35.5. The molecular weight excluding hydrogens is 499 g/mol. The molecule has 0 aliphatic heterocycles. The van der Waals surface area contributed by atoms with Crippen molar-refractivity contribution in [3.63, 3.8) is 0 Å². The number of nitrogens with zero attached hydrogens (tertiary/aromatic N) is 1. The molecule has 37 heavy (non-hydrogen) atoms. The van der Waals surface area contributed by atoms with E-state index >= 15 is 0 Å². The molecule has 0 unspecified atom stereocenters. The summed E-state index contributed by atoms with van der Waals surface area (Å²) in [4.78, 5) is 16.0. The summed E-state index contributed by atoms with van der Waals surface area (Å²) in [6, 6.07) is 25.3. The molecular formula is C30H19ClF3NO2. The first-order chi connectivity index (χ1) is 17.8. The predicted molar refractivity (Wildman–Crippen MR) is 139 cm³/mol. The van der Waals surface area contributed by atoms with Crippen molar-refractivity contribution in [2.24, 2.45) is 0 Å². The van der Waals surface area contributed by atoms with E-state index in [-0.39, 0.29) is 12.1 Å². The minimum absolute atomic E-state index is 0.162. The van der Waals surface area contributed by atoms with E-state index < -0.39 is 11.7 Å². The molecule has 5 rings (SSSR count). The normalized spacial score (nSPS) is 11.5. The van der Waals surface area contributed by atoms with Gasteiger partial charge in [-0.1, -0.05) is 72.3 Å². The molecule has 4 aromatic carbocycles. The molecule has 0 N–H and O–H groups in total. The Morgan fingerprint density at radius 3 is 2.38 bits per heavy atom. The van der Waals surface area contributed by atoms with Crippen molar-refractivity contribution < 1.29 is 22.7 Å². The molecule has 184 valence electrons. The van der Waals surface area contributed by atoms with E-state index in [0.29, 0.717) is 44.0 Å². The number of rotatable bonds is 6. The van der Waals surface area contributed by atoms with Crippen LogP contribution < -0.4 is 4.74 Å². The van der Waals surface area contributed by atoms with Gasteiger partial charge in [-0.15, -0.1) is 0 Å². The van der Waals surface area contributed by atoms with Gasteiger partial charge < -0.3 is 4.74 Å². The standard InChI is InChI=1S/C30H19ClF3NO2/c31-22-13-11-19(12-14-22)18-37-23-7-3-6-20(15-23)28-25-9-4-10-27(30(32,33)34)29(25)35-16-26(28)24-8-2-1-5-21(24)17-36/h1-17H,18H2. The lowest BCUT2D eigenvalue weighted by Crippen LogP contribution is -2.07. The monoisotopic (exact) mass is 517 g/mol. The SMILES string of the molecule is O=Cc1ccccc1-c1cnc2c(C(F)(F)F)cccc2c1-c1cccc(OCc2ccc(Cl)cc2)c1. The average molecular weight is 518 g/mol. The van der Waals surface area contributed by atoms with Crippen LogP contribution in [0.3, 0.4) is 0 Å². The summed E-state index contributed by atoms with van der Waals surface area (Å²) in [5.74, 6) is 0.541. The lowest BCUT2D eigenvalue weighted by atomic mass is 9.90. The molecule has 0 spiro atoms. The smallest absolute Gasteiger partial charge is 0.418 e. The molecule has 0 bridgehead atoms. The largest absolute Gasteiger partial charge is 0.489 e. The third-order valence-corrected chi connectivity index (χ3v) is 6.27. The van der Waals surface area contributed by atoms with Gasteiger partial charge in [0.05, 0.1) is 11.1 Å². The highest BCUT2D eigenvalue weighted by Gasteiger charge is 2.34. The highest BCUT2D eigenvalue weighted by molar-refractivity contribution is 6.30. The number of hydrogen-bond acceptors (Lipinski definition) is 3. The summed E-state index contributed by atoms with van der Waals surface area (Å²) < 4.78 is 47.5. The van der Waals surface area contributed by atoms with Crippen molar-refractivity contribution >= 4 is 28.8 Å². The van der Waals surface area contributed by atoms with Gasteiger partial charge in [0.15, 0.2) is 6.29 Å². The zero-order chi connectivity index (χ0) is 26.0. The van der Waals surface area contributed by atoms with Crippen LogP contribution in [0.1, 0.15) is 21.5 Å². The maximum absolute atomic E-state index is 13.8. The van der Waals surface area contributed by atoms with Crippen molar-refractivity contribution in [2.45, 2.75) is 12.8 Å². The summed E-state index contributed by atoms with van der Waals surface area (Å²) in [6.45, 7) is 0.288. The first-order valence-corrected chi connectivity index (χ1v) is 11.7. The van der Waals surface area contributed by atoms with Crippen molar-refractivity contribution in [2.75, 3.05) is 0 Å². The Kier molecular flexibility index (Phi) is 6.68. The Morgan fingerprint density at radius 1 is 0.865 bits per heavy atom. The van der Waals surface area contributed by atoms with Crippen LogP contribution in [0.2, 0.25) is 5.02 Å².